The Morgan fingerprint density at radius 1 is 1.18 bits per heavy atom. The summed E-state index contributed by atoms with van der Waals surface area (Å²) in [7, 11) is 3.46. The number of nitrogens with zero attached hydrogens (tertiary/aromatic N) is 4. The molecule has 4 aromatic rings. The molecule has 2 aromatic carbocycles. The molecule has 9 heteroatoms. The van der Waals surface area contributed by atoms with Gasteiger partial charge in [-0.1, -0.05) is 43.1 Å². The summed E-state index contributed by atoms with van der Waals surface area (Å²) in [5, 5.41) is 17.8. The molecule has 0 saturated heterocycles. The summed E-state index contributed by atoms with van der Waals surface area (Å²) in [6.45, 7) is 2.58. The molecule has 33 heavy (non-hydrogen) atoms. The number of aromatic carboxylic acids is 1. The van der Waals surface area contributed by atoms with E-state index >= 15 is 0 Å². The lowest BCUT2D eigenvalue weighted by atomic mass is 10.1. The summed E-state index contributed by atoms with van der Waals surface area (Å²) in [4.78, 5) is 20.8. The van der Waals surface area contributed by atoms with Gasteiger partial charge in [-0.3, -0.25) is 4.68 Å². The number of fused-ring (bicyclic) bond motifs is 1. The van der Waals surface area contributed by atoms with E-state index in [1.165, 1.54) is 0 Å². The number of methoxy groups -OCH3 is 1. The Bertz CT molecular complexity index is 1320. The highest BCUT2D eigenvalue weighted by molar-refractivity contribution is 6.32. The van der Waals surface area contributed by atoms with Crippen LogP contribution in [0.1, 0.15) is 35.0 Å². The predicted molar refractivity (Wildman–Crippen MR) is 128 cm³/mol. The minimum absolute atomic E-state index is 0.211. The summed E-state index contributed by atoms with van der Waals surface area (Å²) in [5.41, 5.74) is 4.39. The third-order valence-corrected chi connectivity index (χ3v) is 5.60. The van der Waals surface area contributed by atoms with Crippen molar-refractivity contribution in [3.63, 3.8) is 0 Å². The van der Waals surface area contributed by atoms with Gasteiger partial charge in [0.25, 0.3) is 0 Å². The van der Waals surface area contributed by atoms with Crippen LogP contribution in [0.5, 0.6) is 5.75 Å². The lowest BCUT2D eigenvalue weighted by Crippen LogP contribution is -2.06. The molecule has 0 bridgehead atoms. The molecule has 0 fully saturated rings. The van der Waals surface area contributed by atoms with Crippen LogP contribution in [0.25, 0.3) is 22.4 Å². The molecule has 0 unspecified atom stereocenters. The van der Waals surface area contributed by atoms with Gasteiger partial charge in [-0.15, -0.1) is 0 Å². The lowest BCUT2D eigenvalue weighted by Gasteiger charge is -2.11. The minimum atomic E-state index is -0.976. The number of ether oxygens (including phenoxy) is 1. The standard InChI is InChI=1S/C24H24ClN5O3/c1-4-5-18-20-21(30(2)29-18)23(26-13-14-6-11-19(33-3)17(25)12-14)28-22(27-20)15-7-9-16(10-8-15)24(31)32/h6-12H,4-5,13H2,1-3H3,(H,31,32)(H,26,27,28). The van der Waals surface area contributed by atoms with Gasteiger partial charge in [0.15, 0.2) is 11.6 Å². The molecule has 0 aliphatic carbocycles. The average molecular weight is 466 g/mol. The van der Waals surface area contributed by atoms with E-state index in [2.05, 4.69) is 17.3 Å². The fourth-order valence-corrected chi connectivity index (χ4v) is 3.95. The Labute approximate surface area is 196 Å². The number of rotatable bonds is 8. The van der Waals surface area contributed by atoms with Crippen molar-refractivity contribution in [2.24, 2.45) is 7.05 Å². The molecule has 2 heterocycles. The molecule has 0 spiro atoms. The van der Waals surface area contributed by atoms with Gasteiger partial charge in [0, 0.05) is 19.2 Å². The number of benzene rings is 2. The van der Waals surface area contributed by atoms with Crippen LogP contribution in [0.3, 0.4) is 0 Å². The minimum Gasteiger partial charge on any atom is -0.495 e. The van der Waals surface area contributed by atoms with Gasteiger partial charge in [-0.25, -0.2) is 14.8 Å². The Balaban J connectivity index is 1.76. The zero-order valence-electron chi connectivity index (χ0n) is 18.6. The molecule has 0 saturated carbocycles. The van der Waals surface area contributed by atoms with Gasteiger partial charge in [0.05, 0.1) is 23.4 Å². The number of aryl methyl sites for hydroxylation is 2. The van der Waals surface area contributed by atoms with E-state index in [0.29, 0.717) is 29.0 Å². The molecule has 2 N–H and O–H groups in total. The summed E-state index contributed by atoms with van der Waals surface area (Å²) >= 11 is 6.28. The first-order chi connectivity index (χ1) is 15.9. The monoisotopic (exact) mass is 465 g/mol. The summed E-state index contributed by atoms with van der Waals surface area (Å²) < 4.78 is 7.02. The fraction of sp³-hybridized carbons (Fsp3) is 0.250. The number of aromatic nitrogens is 4. The van der Waals surface area contributed by atoms with Crippen LogP contribution < -0.4 is 10.1 Å². The van der Waals surface area contributed by atoms with Crippen molar-refractivity contribution in [3.05, 3.63) is 64.3 Å². The number of nitrogens with one attached hydrogen (secondary N) is 1. The Hall–Kier alpha value is -3.65. The topological polar surface area (TPSA) is 102 Å². The summed E-state index contributed by atoms with van der Waals surface area (Å²) in [6.07, 6.45) is 1.73. The average Bonchev–Trinajstić information content (AvgIpc) is 3.13. The van der Waals surface area contributed by atoms with E-state index in [4.69, 9.17) is 26.3 Å². The third-order valence-electron chi connectivity index (χ3n) is 5.30. The second-order valence-corrected chi connectivity index (χ2v) is 8.03. The zero-order chi connectivity index (χ0) is 23.5. The second kappa shape index (κ2) is 9.46. The van der Waals surface area contributed by atoms with Crippen molar-refractivity contribution < 1.29 is 14.6 Å². The van der Waals surface area contributed by atoms with Crippen LogP contribution in [0, 0.1) is 0 Å². The highest BCUT2D eigenvalue weighted by Gasteiger charge is 2.18. The maximum Gasteiger partial charge on any atom is 0.335 e. The van der Waals surface area contributed by atoms with Gasteiger partial charge in [-0.2, -0.15) is 5.10 Å². The number of anilines is 1. The number of carbonyl (C=O) groups is 1. The van der Waals surface area contributed by atoms with E-state index in [0.717, 1.165) is 40.7 Å². The van der Waals surface area contributed by atoms with E-state index in [9.17, 15) is 9.90 Å². The molecule has 4 rings (SSSR count). The van der Waals surface area contributed by atoms with Crippen molar-refractivity contribution in [2.75, 3.05) is 12.4 Å². The molecular formula is C24H24ClN5O3. The van der Waals surface area contributed by atoms with E-state index in [1.807, 2.05) is 25.2 Å². The first-order valence-electron chi connectivity index (χ1n) is 10.5. The Kier molecular flexibility index (Phi) is 6.46. The molecule has 0 aliphatic rings. The van der Waals surface area contributed by atoms with E-state index in [-0.39, 0.29) is 5.56 Å². The van der Waals surface area contributed by atoms with Crippen molar-refractivity contribution in [1.82, 2.24) is 19.7 Å². The second-order valence-electron chi connectivity index (χ2n) is 7.62. The quantitative estimate of drug-likeness (QED) is 0.379. The molecular weight excluding hydrogens is 442 g/mol. The van der Waals surface area contributed by atoms with Crippen LogP contribution >= 0.6 is 11.6 Å². The maximum atomic E-state index is 11.2. The van der Waals surface area contributed by atoms with Crippen molar-refractivity contribution in [1.29, 1.82) is 0 Å². The highest BCUT2D eigenvalue weighted by Crippen LogP contribution is 2.29. The van der Waals surface area contributed by atoms with Crippen molar-refractivity contribution in [3.8, 4) is 17.1 Å². The molecule has 0 radical (unpaired) electrons. The van der Waals surface area contributed by atoms with Crippen LogP contribution in [-0.4, -0.2) is 37.9 Å². The molecule has 8 nitrogen and oxygen atoms in total. The van der Waals surface area contributed by atoms with Gasteiger partial charge >= 0.3 is 5.97 Å². The molecule has 0 aliphatic heterocycles. The third kappa shape index (κ3) is 4.61. The number of hydrogen-bond acceptors (Lipinski definition) is 6. The first kappa shape index (κ1) is 22.5. The van der Waals surface area contributed by atoms with Crippen LogP contribution in [0.15, 0.2) is 42.5 Å². The van der Waals surface area contributed by atoms with Crippen molar-refractivity contribution >= 4 is 34.4 Å². The maximum absolute atomic E-state index is 11.2. The van der Waals surface area contributed by atoms with Crippen LogP contribution in [0.2, 0.25) is 5.02 Å². The Morgan fingerprint density at radius 2 is 1.94 bits per heavy atom. The normalized spacial score (nSPS) is 11.0. The summed E-state index contributed by atoms with van der Waals surface area (Å²) in [5.74, 6) is 0.783. The van der Waals surface area contributed by atoms with Gasteiger partial charge in [0.1, 0.15) is 16.8 Å². The Morgan fingerprint density at radius 3 is 2.58 bits per heavy atom. The predicted octanol–water partition coefficient (Wildman–Crippen LogP) is 4.96. The molecule has 0 amide bonds. The molecule has 0 atom stereocenters. The largest absolute Gasteiger partial charge is 0.495 e. The highest BCUT2D eigenvalue weighted by atomic mass is 35.5. The fourth-order valence-electron chi connectivity index (χ4n) is 3.67. The van der Waals surface area contributed by atoms with Gasteiger partial charge in [-0.05, 0) is 36.2 Å². The SMILES string of the molecule is CCCc1nn(C)c2c(NCc3ccc(OC)c(Cl)c3)nc(-c3ccc(C(=O)O)cc3)nc12. The van der Waals surface area contributed by atoms with Crippen molar-refractivity contribution in [2.45, 2.75) is 26.3 Å². The van der Waals surface area contributed by atoms with E-state index in [1.54, 1.807) is 36.1 Å². The van der Waals surface area contributed by atoms with Gasteiger partial charge in [0.2, 0.25) is 0 Å². The van der Waals surface area contributed by atoms with Crippen LogP contribution in [0.4, 0.5) is 5.82 Å². The first-order valence-corrected chi connectivity index (χ1v) is 10.9. The van der Waals surface area contributed by atoms with Gasteiger partial charge < -0.3 is 15.2 Å². The molecule has 170 valence electrons. The lowest BCUT2D eigenvalue weighted by molar-refractivity contribution is 0.0697. The van der Waals surface area contributed by atoms with Crippen LogP contribution in [-0.2, 0) is 20.0 Å². The molecule has 2 aromatic heterocycles. The number of hydrogen-bond donors (Lipinski definition) is 2. The zero-order valence-corrected chi connectivity index (χ0v) is 19.3. The van der Waals surface area contributed by atoms with E-state index < -0.39 is 5.97 Å². The number of carboxylic acid groups (broad SMARTS) is 1. The summed E-state index contributed by atoms with van der Waals surface area (Å²) in [6, 6.07) is 12.1. The number of halogens is 1. The number of carboxylic acids is 1. The smallest absolute Gasteiger partial charge is 0.335 e.